The number of nitrogens with zero attached hydrogens (tertiary/aromatic N) is 1. The number of sulfone groups is 1. The van der Waals surface area contributed by atoms with E-state index in [1.54, 1.807) is 18.5 Å². The highest BCUT2D eigenvalue weighted by Crippen LogP contribution is 2.29. The molecule has 6 heteroatoms. The molecule has 2 heterocycles. The first-order valence-electron chi connectivity index (χ1n) is 5.08. The topological polar surface area (TPSA) is 85.1 Å². The number of rotatable bonds is 2. The van der Waals surface area contributed by atoms with Gasteiger partial charge in [0.05, 0.1) is 29.1 Å². The Hall–Kier alpha value is -1.30. The van der Waals surface area contributed by atoms with E-state index in [0.717, 1.165) is 5.69 Å². The molecular formula is C10H15N3O2S. The van der Waals surface area contributed by atoms with Gasteiger partial charge < -0.3 is 11.1 Å². The smallest absolute Gasteiger partial charge is 0.152 e. The van der Waals surface area contributed by atoms with Crippen LogP contribution in [0.4, 0.5) is 11.4 Å². The van der Waals surface area contributed by atoms with Gasteiger partial charge in [-0.1, -0.05) is 0 Å². The van der Waals surface area contributed by atoms with Crippen LogP contribution in [0.5, 0.6) is 0 Å². The second kappa shape index (κ2) is 3.62. The van der Waals surface area contributed by atoms with Crippen LogP contribution in [0.1, 0.15) is 13.3 Å². The first-order chi connectivity index (χ1) is 7.40. The summed E-state index contributed by atoms with van der Waals surface area (Å²) in [4.78, 5) is 3.89. The third-order valence-electron chi connectivity index (χ3n) is 2.79. The standard InChI is InChI=1S/C10H15N3O2S/c1-10(3-5-16(14,15)7-10)13-9-2-4-12-6-8(9)11/h2,4,6H,3,5,7,11H2,1H3,(H,12,13). The van der Waals surface area contributed by atoms with Crippen LogP contribution < -0.4 is 11.1 Å². The molecule has 0 radical (unpaired) electrons. The second-order valence-corrected chi connectivity index (χ2v) is 6.67. The molecule has 1 aromatic heterocycles. The van der Waals surface area contributed by atoms with Crippen LogP contribution in [0.15, 0.2) is 18.5 Å². The van der Waals surface area contributed by atoms with Crippen molar-refractivity contribution in [2.45, 2.75) is 18.9 Å². The lowest BCUT2D eigenvalue weighted by Gasteiger charge is -2.25. The van der Waals surface area contributed by atoms with Gasteiger partial charge in [-0.15, -0.1) is 0 Å². The molecular weight excluding hydrogens is 226 g/mol. The molecule has 0 aliphatic carbocycles. The highest BCUT2D eigenvalue weighted by Gasteiger charge is 2.38. The summed E-state index contributed by atoms with van der Waals surface area (Å²) in [6.45, 7) is 1.90. The van der Waals surface area contributed by atoms with Gasteiger partial charge >= 0.3 is 0 Å². The Labute approximate surface area is 95.0 Å². The average Bonchev–Trinajstić information content (AvgIpc) is 2.45. The number of pyridine rings is 1. The summed E-state index contributed by atoms with van der Waals surface area (Å²) in [5.41, 5.74) is 6.61. The predicted molar refractivity (Wildman–Crippen MR) is 63.9 cm³/mol. The molecule has 0 aromatic carbocycles. The molecule has 0 bridgehead atoms. The summed E-state index contributed by atoms with van der Waals surface area (Å²) in [6.07, 6.45) is 3.79. The van der Waals surface area contributed by atoms with Crippen LogP contribution in [0, 0.1) is 0 Å². The summed E-state index contributed by atoms with van der Waals surface area (Å²) >= 11 is 0. The first-order valence-corrected chi connectivity index (χ1v) is 6.90. The Balaban J connectivity index is 2.20. The van der Waals surface area contributed by atoms with E-state index < -0.39 is 15.4 Å². The number of nitrogens with one attached hydrogen (secondary N) is 1. The van der Waals surface area contributed by atoms with E-state index in [-0.39, 0.29) is 11.5 Å². The summed E-state index contributed by atoms with van der Waals surface area (Å²) in [7, 11) is -2.91. The monoisotopic (exact) mass is 241 g/mol. The zero-order valence-corrected chi connectivity index (χ0v) is 9.92. The van der Waals surface area contributed by atoms with Crippen molar-refractivity contribution in [3.05, 3.63) is 18.5 Å². The lowest BCUT2D eigenvalue weighted by Crippen LogP contribution is -2.36. The Morgan fingerprint density at radius 1 is 1.56 bits per heavy atom. The van der Waals surface area contributed by atoms with Gasteiger partial charge in [0, 0.05) is 11.7 Å². The fraction of sp³-hybridized carbons (Fsp3) is 0.500. The molecule has 16 heavy (non-hydrogen) atoms. The van der Waals surface area contributed by atoms with Crippen molar-refractivity contribution in [3.63, 3.8) is 0 Å². The second-order valence-electron chi connectivity index (χ2n) is 4.49. The van der Waals surface area contributed by atoms with Gasteiger partial charge in [-0.2, -0.15) is 0 Å². The molecule has 88 valence electrons. The summed E-state index contributed by atoms with van der Waals surface area (Å²) < 4.78 is 22.9. The minimum atomic E-state index is -2.91. The minimum absolute atomic E-state index is 0.155. The van der Waals surface area contributed by atoms with Crippen LogP contribution >= 0.6 is 0 Å². The summed E-state index contributed by atoms with van der Waals surface area (Å²) in [6, 6.07) is 1.76. The molecule has 2 rings (SSSR count). The van der Waals surface area contributed by atoms with Gasteiger partial charge in [-0.05, 0) is 19.4 Å². The molecule has 3 N–H and O–H groups in total. The molecule has 1 aliphatic heterocycles. The Kier molecular flexibility index (Phi) is 2.53. The molecule has 1 atom stereocenters. The van der Waals surface area contributed by atoms with Gasteiger partial charge in [-0.25, -0.2) is 8.42 Å². The van der Waals surface area contributed by atoms with Crippen LogP contribution in [-0.4, -0.2) is 30.4 Å². The zero-order chi connectivity index (χ0) is 11.8. The van der Waals surface area contributed by atoms with E-state index >= 15 is 0 Å². The number of hydrogen-bond donors (Lipinski definition) is 2. The molecule has 0 amide bonds. The van der Waals surface area contributed by atoms with Gasteiger partial charge in [0.2, 0.25) is 0 Å². The van der Waals surface area contributed by atoms with E-state index in [1.165, 1.54) is 0 Å². The predicted octanol–water partition coefficient (Wildman–Crippen LogP) is 0.653. The Bertz CT molecular complexity index is 501. The molecule has 1 aliphatic rings. The number of nitrogen functional groups attached to an aromatic ring is 1. The third kappa shape index (κ3) is 2.27. The number of nitrogens with two attached hydrogens (primary N) is 1. The number of hydrogen-bond acceptors (Lipinski definition) is 5. The molecule has 5 nitrogen and oxygen atoms in total. The maximum Gasteiger partial charge on any atom is 0.152 e. The number of anilines is 2. The van der Waals surface area contributed by atoms with Crippen LogP contribution in [0.2, 0.25) is 0 Å². The van der Waals surface area contributed by atoms with Crippen molar-refractivity contribution in [1.82, 2.24) is 4.98 Å². The van der Waals surface area contributed by atoms with E-state index in [9.17, 15) is 8.42 Å². The van der Waals surface area contributed by atoms with E-state index in [4.69, 9.17) is 5.73 Å². The summed E-state index contributed by atoms with van der Waals surface area (Å²) in [5, 5.41) is 3.20. The van der Waals surface area contributed by atoms with Crippen molar-refractivity contribution < 1.29 is 8.42 Å². The lowest BCUT2D eigenvalue weighted by atomic mass is 10.0. The highest BCUT2D eigenvalue weighted by atomic mass is 32.2. The minimum Gasteiger partial charge on any atom is -0.396 e. The Morgan fingerprint density at radius 2 is 2.31 bits per heavy atom. The van der Waals surface area contributed by atoms with Crippen LogP contribution in [0.25, 0.3) is 0 Å². The van der Waals surface area contributed by atoms with Gasteiger partial charge in [0.15, 0.2) is 9.84 Å². The van der Waals surface area contributed by atoms with Crippen molar-refractivity contribution in [2.75, 3.05) is 22.6 Å². The SMILES string of the molecule is CC1(Nc2ccncc2N)CCS(=O)(=O)C1. The maximum absolute atomic E-state index is 11.4. The quantitative estimate of drug-likeness (QED) is 0.794. The largest absolute Gasteiger partial charge is 0.396 e. The molecule has 1 saturated heterocycles. The van der Waals surface area contributed by atoms with Gasteiger partial charge in [0.1, 0.15) is 0 Å². The molecule has 1 fully saturated rings. The van der Waals surface area contributed by atoms with Crippen LogP contribution in [-0.2, 0) is 9.84 Å². The van der Waals surface area contributed by atoms with E-state index in [0.29, 0.717) is 12.1 Å². The van der Waals surface area contributed by atoms with E-state index in [1.807, 2.05) is 6.92 Å². The molecule has 1 aromatic rings. The van der Waals surface area contributed by atoms with Crippen molar-refractivity contribution >= 4 is 21.2 Å². The van der Waals surface area contributed by atoms with Crippen molar-refractivity contribution in [3.8, 4) is 0 Å². The van der Waals surface area contributed by atoms with Crippen molar-refractivity contribution in [2.24, 2.45) is 0 Å². The highest BCUT2D eigenvalue weighted by molar-refractivity contribution is 7.91. The Morgan fingerprint density at radius 3 is 2.88 bits per heavy atom. The first kappa shape index (κ1) is 11.2. The van der Waals surface area contributed by atoms with Gasteiger partial charge in [-0.3, -0.25) is 4.98 Å². The molecule has 0 saturated carbocycles. The van der Waals surface area contributed by atoms with Crippen molar-refractivity contribution in [1.29, 1.82) is 0 Å². The third-order valence-corrected chi connectivity index (χ3v) is 4.69. The zero-order valence-electron chi connectivity index (χ0n) is 9.10. The lowest BCUT2D eigenvalue weighted by molar-refractivity contribution is 0.574. The molecule has 0 spiro atoms. The number of aromatic nitrogens is 1. The summed E-state index contributed by atoms with van der Waals surface area (Å²) in [5.74, 6) is 0.392. The molecule has 1 unspecified atom stereocenters. The fourth-order valence-electron chi connectivity index (χ4n) is 1.95. The van der Waals surface area contributed by atoms with E-state index in [2.05, 4.69) is 10.3 Å². The average molecular weight is 241 g/mol. The fourth-order valence-corrected chi connectivity index (χ4v) is 4.05. The normalized spacial score (nSPS) is 27.8. The van der Waals surface area contributed by atoms with Crippen LogP contribution in [0.3, 0.4) is 0 Å². The van der Waals surface area contributed by atoms with Gasteiger partial charge in [0.25, 0.3) is 0 Å². The maximum atomic E-state index is 11.4.